The summed E-state index contributed by atoms with van der Waals surface area (Å²) < 4.78 is 5.73. The molecule has 5 rings (SSSR count). The first kappa shape index (κ1) is 21.7. The molecule has 2 heterocycles. The van der Waals surface area contributed by atoms with E-state index in [1.807, 2.05) is 12.1 Å². The number of rotatable bonds is 7. The molecule has 1 N–H and O–H groups in total. The molecule has 1 aliphatic rings. The number of nitrogens with zero attached hydrogens (tertiary/aromatic N) is 2. The van der Waals surface area contributed by atoms with Crippen molar-refractivity contribution in [2.24, 2.45) is 0 Å². The zero-order valence-electron chi connectivity index (χ0n) is 18.9. The lowest BCUT2D eigenvalue weighted by Crippen LogP contribution is -2.28. The molecule has 0 saturated heterocycles. The lowest BCUT2D eigenvalue weighted by atomic mass is 9.99. The van der Waals surface area contributed by atoms with Crippen LogP contribution in [0.25, 0.3) is 11.1 Å². The Labute approximate surface area is 199 Å². The maximum absolute atomic E-state index is 11.1. The van der Waals surface area contributed by atoms with Gasteiger partial charge in [0, 0.05) is 25.0 Å². The molecule has 0 bridgehead atoms. The fraction of sp³-hybridized carbons (Fsp3) is 0.172. The summed E-state index contributed by atoms with van der Waals surface area (Å²) in [6, 6.07) is 27.2. The summed E-state index contributed by atoms with van der Waals surface area (Å²) in [6.45, 7) is 2.33. The van der Waals surface area contributed by atoms with Crippen molar-refractivity contribution in [3.63, 3.8) is 0 Å². The highest BCUT2D eigenvalue weighted by molar-refractivity contribution is 5.87. The van der Waals surface area contributed by atoms with Crippen LogP contribution in [-0.4, -0.2) is 22.6 Å². The van der Waals surface area contributed by atoms with E-state index in [0.717, 1.165) is 30.6 Å². The van der Waals surface area contributed by atoms with Gasteiger partial charge in [-0.2, -0.15) is 0 Å². The van der Waals surface area contributed by atoms with Crippen LogP contribution in [0.15, 0.2) is 91.3 Å². The molecule has 4 aromatic rings. The molecular weight excluding hydrogens is 424 g/mol. The van der Waals surface area contributed by atoms with Gasteiger partial charge in [0.1, 0.15) is 12.4 Å². The fourth-order valence-electron chi connectivity index (χ4n) is 4.42. The minimum Gasteiger partial charge on any atom is -0.487 e. The predicted molar refractivity (Wildman–Crippen MR) is 133 cm³/mol. The normalized spacial score (nSPS) is 12.8. The number of benzene rings is 3. The number of ether oxygens (including phenoxy) is 1. The van der Waals surface area contributed by atoms with Crippen molar-refractivity contribution >= 4 is 11.7 Å². The van der Waals surface area contributed by atoms with E-state index in [1.165, 1.54) is 47.3 Å². The molecule has 170 valence electrons. The van der Waals surface area contributed by atoms with Crippen molar-refractivity contribution in [3.8, 4) is 16.9 Å². The Morgan fingerprint density at radius 3 is 2.62 bits per heavy atom. The van der Waals surface area contributed by atoms with E-state index in [0.29, 0.717) is 12.4 Å². The molecule has 34 heavy (non-hydrogen) atoms. The smallest absolute Gasteiger partial charge is 0.337 e. The SMILES string of the molecule is O=C(O)c1cncc(OCc2ccc(-c3cccc(CN4CCCc5ccccc54)c3)cc2)c1. The summed E-state index contributed by atoms with van der Waals surface area (Å²) in [5.74, 6) is -0.579. The molecule has 3 aromatic carbocycles. The lowest BCUT2D eigenvalue weighted by molar-refractivity contribution is 0.0696. The molecular formula is C29H26N2O3. The number of carboxylic acid groups (broad SMARTS) is 1. The zero-order chi connectivity index (χ0) is 23.3. The predicted octanol–water partition coefficient (Wildman–Crippen LogP) is 5.98. The molecule has 0 spiro atoms. The van der Waals surface area contributed by atoms with Crippen molar-refractivity contribution in [2.75, 3.05) is 11.4 Å². The number of carboxylic acids is 1. The quantitative estimate of drug-likeness (QED) is 0.375. The monoisotopic (exact) mass is 450 g/mol. The summed E-state index contributed by atoms with van der Waals surface area (Å²) in [5, 5.41) is 9.09. The minimum atomic E-state index is -1.02. The maximum Gasteiger partial charge on any atom is 0.337 e. The van der Waals surface area contributed by atoms with Crippen LogP contribution in [0, 0.1) is 0 Å². The van der Waals surface area contributed by atoms with Crippen LogP contribution in [0.1, 0.15) is 33.5 Å². The average Bonchev–Trinajstić information content (AvgIpc) is 2.88. The number of pyridine rings is 1. The third-order valence-corrected chi connectivity index (χ3v) is 6.16. The van der Waals surface area contributed by atoms with Crippen molar-refractivity contribution in [1.82, 2.24) is 4.98 Å². The Morgan fingerprint density at radius 1 is 0.912 bits per heavy atom. The second-order valence-corrected chi connectivity index (χ2v) is 8.55. The van der Waals surface area contributed by atoms with Crippen LogP contribution in [0.4, 0.5) is 5.69 Å². The number of hydrogen-bond donors (Lipinski definition) is 1. The van der Waals surface area contributed by atoms with Gasteiger partial charge in [0.15, 0.2) is 0 Å². The number of anilines is 1. The Hall–Kier alpha value is -4.12. The number of para-hydroxylation sites is 1. The standard InChI is InChI=1S/C29H26N2O3/c32-29(33)26-16-27(18-30-17-26)34-20-21-10-12-23(13-11-21)25-7-3-5-22(15-25)19-31-14-4-8-24-6-1-2-9-28(24)31/h1-3,5-7,9-13,15-18H,4,8,14,19-20H2,(H,32,33). The van der Waals surface area contributed by atoms with Gasteiger partial charge >= 0.3 is 5.97 Å². The molecule has 5 heteroatoms. The number of aromatic carboxylic acids is 1. The van der Waals surface area contributed by atoms with Crippen LogP contribution in [-0.2, 0) is 19.6 Å². The number of aromatic nitrogens is 1. The van der Waals surface area contributed by atoms with Gasteiger partial charge in [0.25, 0.3) is 0 Å². The first-order valence-electron chi connectivity index (χ1n) is 11.5. The highest BCUT2D eigenvalue weighted by Gasteiger charge is 2.16. The molecule has 0 aliphatic carbocycles. The average molecular weight is 451 g/mol. The summed E-state index contributed by atoms with van der Waals surface area (Å²) in [5.41, 5.74) is 7.55. The van der Waals surface area contributed by atoms with E-state index in [1.54, 1.807) is 0 Å². The molecule has 0 unspecified atom stereocenters. The van der Waals surface area contributed by atoms with Crippen molar-refractivity contribution in [2.45, 2.75) is 26.0 Å². The number of carbonyl (C=O) groups is 1. The van der Waals surface area contributed by atoms with Gasteiger partial charge < -0.3 is 14.7 Å². The van der Waals surface area contributed by atoms with Crippen molar-refractivity contribution in [3.05, 3.63) is 114 Å². The summed E-state index contributed by atoms with van der Waals surface area (Å²) in [6.07, 6.45) is 5.18. The Bertz CT molecular complexity index is 1300. The van der Waals surface area contributed by atoms with Gasteiger partial charge in [-0.25, -0.2) is 4.79 Å². The van der Waals surface area contributed by atoms with Crippen LogP contribution >= 0.6 is 0 Å². The summed E-state index contributed by atoms with van der Waals surface area (Å²) in [7, 11) is 0. The van der Waals surface area contributed by atoms with Crippen LogP contribution in [0.3, 0.4) is 0 Å². The van der Waals surface area contributed by atoms with E-state index in [9.17, 15) is 4.79 Å². The van der Waals surface area contributed by atoms with Crippen LogP contribution in [0.2, 0.25) is 0 Å². The van der Waals surface area contributed by atoms with Gasteiger partial charge in [0.2, 0.25) is 0 Å². The van der Waals surface area contributed by atoms with E-state index in [2.05, 4.69) is 70.5 Å². The Morgan fingerprint density at radius 2 is 1.76 bits per heavy atom. The lowest BCUT2D eigenvalue weighted by Gasteiger charge is -2.31. The first-order chi connectivity index (χ1) is 16.7. The first-order valence-corrected chi connectivity index (χ1v) is 11.5. The highest BCUT2D eigenvalue weighted by atomic mass is 16.5. The molecule has 0 fully saturated rings. The second-order valence-electron chi connectivity index (χ2n) is 8.55. The maximum atomic E-state index is 11.1. The zero-order valence-corrected chi connectivity index (χ0v) is 18.9. The third-order valence-electron chi connectivity index (χ3n) is 6.16. The van der Waals surface area contributed by atoms with E-state index < -0.39 is 5.97 Å². The van der Waals surface area contributed by atoms with Crippen LogP contribution in [0.5, 0.6) is 5.75 Å². The van der Waals surface area contributed by atoms with E-state index in [-0.39, 0.29) is 5.56 Å². The van der Waals surface area contributed by atoms with Gasteiger partial charge in [-0.05, 0) is 58.9 Å². The minimum absolute atomic E-state index is 0.112. The van der Waals surface area contributed by atoms with Gasteiger partial charge in [0.05, 0.1) is 11.8 Å². The van der Waals surface area contributed by atoms with Gasteiger partial charge in [-0.15, -0.1) is 0 Å². The molecule has 1 aliphatic heterocycles. The Kier molecular flexibility index (Phi) is 6.25. The molecule has 0 amide bonds. The summed E-state index contributed by atoms with van der Waals surface area (Å²) in [4.78, 5) is 17.5. The number of fused-ring (bicyclic) bond motifs is 1. The topological polar surface area (TPSA) is 62.7 Å². The molecule has 5 nitrogen and oxygen atoms in total. The molecule has 1 aromatic heterocycles. The van der Waals surface area contributed by atoms with Crippen molar-refractivity contribution in [1.29, 1.82) is 0 Å². The van der Waals surface area contributed by atoms with E-state index >= 15 is 0 Å². The van der Waals surface area contributed by atoms with E-state index in [4.69, 9.17) is 9.84 Å². The number of hydrogen-bond acceptors (Lipinski definition) is 4. The van der Waals surface area contributed by atoms with Crippen LogP contribution < -0.4 is 9.64 Å². The van der Waals surface area contributed by atoms with Crippen molar-refractivity contribution < 1.29 is 14.6 Å². The Balaban J connectivity index is 1.26. The molecule has 0 radical (unpaired) electrons. The largest absolute Gasteiger partial charge is 0.487 e. The second kappa shape index (κ2) is 9.79. The number of aryl methyl sites for hydroxylation is 1. The molecule has 0 atom stereocenters. The van der Waals surface area contributed by atoms with Gasteiger partial charge in [-0.3, -0.25) is 4.98 Å². The van der Waals surface area contributed by atoms with Gasteiger partial charge in [-0.1, -0.05) is 60.7 Å². The summed E-state index contributed by atoms with van der Waals surface area (Å²) >= 11 is 0. The fourth-order valence-corrected chi connectivity index (χ4v) is 4.42. The third kappa shape index (κ3) is 4.94. The highest BCUT2D eigenvalue weighted by Crippen LogP contribution is 2.29. The molecule has 0 saturated carbocycles.